The number of nitrogens with two attached hydrogens (primary N) is 1. The first-order chi connectivity index (χ1) is 9.03. The Hall–Kier alpha value is -2.11. The van der Waals surface area contributed by atoms with Crippen molar-refractivity contribution >= 4 is 17.7 Å². The molecule has 0 unspecified atom stereocenters. The van der Waals surface area contributed by atoms with Crippen LogP contribution < -0.4 is 11.1 Å². The number of primary amides is 1. The molecule has 0 bridgehead atoms. The Morgan fingerprint density at radius 2 is 2.05 bits per heavy atom. The minimum Gasteiger partial charge on any atom is -0.481 e. The van der Waals surface area contributed by atoms with Crippen LogP contribution in [0.4, 0.5) is 5.82 Å². The number of amides is 1. The molecular weight excluding hydrogens is 246 g/mol. The first-order valence-electron chi connectivity index (χ1n) is 6.27. The Morgan fingerprint density at radius 1 is 1.37 bits per heavy atom. The topological polar surface area (TPSA) is 105 Å². The number of pyridine rings is 1. The standard InChI is InChI=1S/C13H17N3O3/c14-11(17)9-3-4-10(15-7-9)16-8-13(12(18)19)5-1-2-6-13/h3-4,7H,1-2,5-6,8H2,(H2,14,17)(H,15,16)(H,18,19). The third-order valence-electron chi connectivity index (χ3n) is 3.67. The fourth-order valence-corrected chi connectivity index (χ4v) is 2.42. The zero-order valence-electron chi connectivity index (χ0n) is 10.6. The van der Waals surface area contributed by atoms with Crippen LogP contribution in [0.5, 0.6) is 0 Å². The van der Waals surface area contributed by atoms with Crippen molar-refractivity contribution in [3.8, 4) is 0 Å². The van der Waals surface area contributed by atoms with Gasteiger partial charge in [0.1, 0.15) is 5.82 Å². The van der Waals surface area contributed by atoms with E-state index in [4.69, 9.17) is 5.73 Å². The SMILES string of the molecule is NC(=O)c1ccc(NCC2(C(=O)O)CCCC2)nc1. The molecule has 0 radical (unpaired) electrons. The Balaban J connectivity index is 2.01. The van der Waals surface area contributed by atoms with E-state index in [0.29, 0.717) is 30.8 Å². The van der Waals surface area contributed by atoms with Gasteiger partial charge in [-0.3, -0.25) is 9.59 Å². The maximum Gasteiger partial charge on any atom is 0.311 e. The number of nitrogens with one attached hydrogen (secondary N) is 1. The van der Waals surface area contributed by atoms with Gasteiger partial charge in [-0.05, 0) is 25.0 Å². The highest BCUT2D eigenvalue weighted by Crippen LogP contribution is 2.38. The van der Waals surface area contributed by atoms with Crippen molar-refractivity contribution in [3.63, 3.8) is 0 Å². The number of carbonyl (C=O) groups is 2. The summed E-state index contributed by atoms with van der Waals surface area (Å²) in [4.78, 5) is 26.3. The zero-order chi connectivity index (χ0) is 13.9. The lowest BCUT2D eigenvalue weighted by Gasteiger charge is -2.24. The van der Waals surface area contributed by atoms with Gasteiger partial charge in [-0.15, -0.1) is 0 Å². The summed E-state index contributed by atoms with van der Waals surface area (Å²) in [5, 5.41) is 12.4. The number of nitrogens with zero attached hydrogens (tertiary/aromatic N) is 1. The molecule has 19 heavy (non-hydrogen) atoms. The molecule has 1 aliphatic carbocycles. The third kappa shape index (κ3) is 2.83. The fraction of sp³-hybridized carbons (Fsp3) is 0.462. The molecule has 6 nitrogen and oxygen atoms in total. The van der Waals surface area contributed by atoms with Crippen molar-refractivity contribution in [2.75, 3.05) is 11.9 Å². The number of aliphatic carboxylic acids is 1. The van der Waals surface area contributed by atoms with E-state index in [9.17, 15) is 14.7 Å². The van der Waals surface area contributed by atoms with E-state index >= 15 is 0 Å². The van der Waals surface area contributed by atoms with Gasteiger partial charge in [-0.25, -0.2) is 4.98 Å². The number of anilines is 1. The summed E-state index contributed by atoms with van der Waals surface area (Å²) in [6.45, 7) is 0.352. The van der Waals surface area contributed by atoms with Crippen LogP contribution in [0.15, 0.2) is 18.3 Å². The molecule has 1 aromatic heterocycles. The van der Waals surface area contributed by atoms with Gasteiger partial charge in [0.05, 0.1) is 11.0 Å². The molecule has 1 aliphatic rings. The van der Waals surface area contributed by atoms with Crippen molar-refractivity contribution in [2.45, 2.75) is 25.7 Å². The van der Waals surface area contributed by atoms with Gasteiger partial charge < -0.3 is 16.2 Å². The first-order valence-corrected chi connectivity index (χ1v) is 6.27. The van der Waals surface area contributed by atoms with Gasteiger partial charge in [-0.2, -0.15) is 0 Å². The number of hydrogen-bond acceptors (Lipinski definition) is 4. The lowest BCUT2D eigenvalue weighted by atomic mass is 9.86. The molecule has 6 heteroatoms. The molecule has 1 amide bonds. The minimum absolute atomic E-state index is 0.333. The molecule has 1 aromatic rings. The van der Waals surface area contributed by atoms with E-state index in [-0.39, 0.29) is 0 Å². The molecule has 0 saturated heterocycles. The Bertz CT molecular complexity index is 478. The predicted octanol–water partition coefficient (Wildman–Crippen LogP) is 1.24. The third-order valence-corrected chi connectivity index (χ3v) is 3.67. The van der Waals surface area contributed by atoms with Crippen LogP contribution in [0.1, 0.15) is 36.0 Å². The summed E-state index contributed by atoms with van der Waals surface area (Å²) in [5.74, 6) is -0.736. The number of hydrogen-bond donors (Lipinski definition) is 3. The Labute approximate surface area is 111 Å². The van der Waals surface area contributed by atoms with Gasteiger partial charge in [0.25, 0.3) is 0 Å². The maximum absolute atomic E-state index is 11.4. The molecule has 1 fully saturated rings. The van der Waals surface area contributed by atoms with Crippen molar-refractivity contribution in [3.05, 3.63) is 23.9 Å². The van der Waals surface area contributed by atoms with E-state index in [1.165, 1.54) is 6.20 Å². The molecule has 0 aliphatic heterocycles. The Morgan fingerprint density at radius 3 is 2.53 bits per heavy atom. The van der Waals surface area contributed by atoms with Crippen LogP contribution in [0.3, 0.4) is 0 Å². The number of carbonyl (C=O) groups excluding carboxylic acids is 1. The smallest absolute Gasteiger partial charge is 0.311 e. The Kier molecular flexibility index (Phi) is 3.69. The molecule has 2 rings (SSSR count). The van der Waals surface area contributed by atoms with Crippen LogP contribution in [-0.2, 0) is 4.79 Å². The molecule has 102 valence electrons. The lowest BCUT2D eigenvalue weighted by Crippen LogP contribution is -2.35. The van der Waals surface area contributed by atoms with Crippen molar-refractivity contribution in [1.82, 2.24) is 4.98 Å². The summed E-state index contributed by atoms with van der Waals surface area (Å²) >= 11 is 0. The molecule has 0 atom stereocenters. The number of rotatable bonds is 5. The predicted molar refractivity (Wildman–Crippen MR) is 69.8 cm³/mol. The zero-order valence-corrected chi connectivity index (χ0v) is 10.6. The number of aromatic nitrogens is 1. The highest BCUT2D eigenvalue weighted by atomic mass is 16.4. The van der Waals surface area contributed by atoms with Gasteiger partial charge in [0, 0.05) is 12.7 Å². The number of carboxylic acids is 1. The average Bonchev–Trinajstić information content (AvgIpc) is 2.87. The minimum atomic E-state index is -0.758. The van der Waals surface area contributed by atoms with Crippen LogP contribution in [0.25, 0.3) is 0 Å². The highest BCUT2D eigenvalue weighted by Gasteiger charge is 2.41. The van der Waals surface area contributed by atoms with Gasteiger partial charge in [0.15, 0.2) is 0 Å². The van der Waals surface area contributed by atoms with E-state index in [1.54, 1.807) is 12.1 Å². The van der Waals surface area contributed by atoms with Crippen molar-refractivity contribution < 1.29 is 14.7 Å². The quantitative estimate of drug-likeness (QED) is 0.741. The maximum atomic E-state index is 11.4. The van der Waals surface area contributed by atoms with Crippen LogP contribution >= 0.6 is 0 Å². The molecule has 4 N–H and O–H groups in total. The van der Waals surface area contributed by atoms with Crippen LogP contribution in [-0.4, -0.2) is 28.5 Å². The monoisotopic (exact) mass is 263 g/mol. The van der Waals surface area contributed by atoms with E-state index in [1.807, 2.05) is 0 Å². The van der Waals surface area contributed by atoms with Gasteiger partial charge in [0.2, 0.25) is 5.91 Å². The van der Waals surface area contributed by atoms with Crippen molar-refractivity contribution in [2.24, 2.45) is 11.1 Å². The average molecular weight is 263 g/mol. The second kappa shape index (κ2) is 5.26. The van der Waals surface area contributed by atoms with Crippen LogP contribution in [0, 0.1) is 5.41 Å². The lowest BCUT2D eigenvalue weighted by molar-refractivity contribution is -0.147. The molecule has 0 aromatic carbocycles. The second-order valence-corrected chi connectivity index (χ2v) is 4.94. The summed E-state index contributed by atoms with van der Waals surface area (Å²) in [5.41, 5.74) is 4.76. The summed E-state index contributed by atoms with van der Waals surface area (Å²) in [6, 6.07) is 3.20. The summed E-state index contributed by atoms with van der Waals surface area (Å²) in [6.07, 6.45) is 4.65. The van der Waals surface area contributed by atoms with Crippen molar-refractivity contribution in [1.29, 1.82) is 0 Å². The molecule has 1 heterocycles. The largest absolute Gasteiger partial charge is 0.481 e. The van der Waals surface area contributed by atoms with E-state index in [2.05, 4.69) is 10.3 Å². The summed E-state index contributed by atoms with van der Waals surface area (Å²) < 4.78 is 0. The van der Waals surface area contributed by atoms with E-state index in [0.717, 1.165) is 12.8 Å². The molecular formula is C13H17N3O3. The number of carboxylic acid groups (broad SMARTS) is 1. The highest BCUT2D eigenvalue weighted by molar-refractivity contribution is 5.92. The van der Waals surface area contributed by atoms with E-state index < -0.39 is 17.3 Å². The fourth-order valence-electron chi connectivity index (χ4n) is 2.42. The van der Waals surface area contributed by atoms with Gasteiger partial charge in [-0.1, -0.05) is 12.8 Å². The van der Waals surface area contributed by atoms with Crippen LogP contribution in [0.2, 0.25) is 0 Å². The first kappa shape index (κ1) is 13.3. The second-order valence-electron chi connectivity index (χ2n) is 4.94. The summed E-state index contributed by atoms with van der Waals surface area (Å²) in [7, 11) is 0. The molecule has 1 saturated carbocycles. The normalized spacial score (nSPS) is 17.1. The molecule has 0 spiro atoms. The van der Waals surface area contributed by atoms with Gasteiger partial charge >= 0.3 is 5.97 Å².